The van der Waals surface area contributed by atoms with E-state index >= 15 is 0 Å². The topological polar surface area (TPSA) is 29.5 Å². The Morgan fingerprint density at radius 1 is 1.05 bits per heavy atom. The van der Waals surface area contributed by atoms with Crippen LogP contribution in [0.2, 0.25) is 10.0 Å². The molecule has 0 heterocycles. The summed E-state index contributed by atoms with van der Waals surface area (Å²) in [5.74, 6) is 0. The number of rotatable bonds is 5. The Labute approximate surface area is 128 Å². The molecule has 0 fully saturated rings. The average Bonchev–Trinajstić information content (AvgIpc) is 2.44. The lowest BCUT2D eigenvalue weighted by Gasteiger charge is -2.14. The Balaban J connectivity index is 2.13. The second kappa shape index (κ2) is 7.09. The summed E-state index contributed by atoms with van der Waals surface area (Å²) < 4.78 is 5.06. The predicted octanol–water partition coefficient (Wildman–Crippen LogP) is 4.42. The van der Waals surface area contributed by atoms with Crippen molar-refractivity contribution in [2.45, 2.75) is 19.1 Å². The van der Waals surface area contributed by atoms with Crippen LogP contribution in [0, 0.1) is 0 Å². The van der Waals surface area contributed by atoms with E-state index in [-0.39, 0.29) is 0 Å². The van der Waals surface area contributed by atoms with Gasteiger partial charge in [0.25, 0.3) is 0 Å². The Kier molecular flexibility index (Phi) is 5.44. The summed E-state index contributed by atoms with van der Waals surface area (Å²) in [4.78, 5) is 0. The molecule has 0 aliphatic rings. The molecule has 2 aromatic rings. The summed E-state index contributed by atoms with van der Waals surface area (Å²) in [6.07, 6.45) is -0.244. The van der Waals surface area contributed by atoms with Gasteiger partial charge in [0.1, 0.15) is 0 Å². The molecule has 1 N–H and O–H groups in total. The lowest BCUT2D eigenvalue weighted by Crippen LogP contribution is -2.03. The highest BCUT2D eigenvalue weighted by Gasteiger charge is 2.13. The van der Waals surface area contributed by atoms with Crippen molar-refractivity contribution >= 4 is 23.2 Å². The van der Waals surface area contributed by atoms with Crippen molar-refractivity contribution in [2.24, 2.45) is 0 Å². The molecular weight excluding hydrogens is 295 g/mol. The number of hydrogen-bond donors (Lipinski definition) is 1. The van der Waals surface area contributed by atoms with Crippen LogP contribution in [-0.4, -0.2) is 12.2 Å². The molecule has 106 valence electrons. The van der Waals surface area contributed by atoms with Gasteiger partial charge in [-0.2, -0.15) is 0 Å². The van der Waals surface area contributed by atoms with Crippen molar-refractivity contribution in [1.82, 2.24) is 0 Å². The molecule has 4 heteroatoms. The number of aliphatic hydroxyl groups excluding tert-OH is 1. The maximum absolute atomic E-state index is 10.3. The van der Waals surface area contributed by atoms with E-state index < -0.39 is 6.10 Å². The van der Waals surface area contributed by atoms with Crippen LogP contribution in [0.15, 0.2) is 42.5 Å². The molecule has 2 nitrogen and oxygen atoms in total. The first-order chi connectivity index (χ1) is 9.61. The first-order valence-corrected chi connectivity index (χ1v) is 7.06. The van der Waals surface area contributed by atoms with E-state index in [0.717, 1.165) is 16.7 Å². The third-order valence-corrected chi connectivity index (χ3v) is 3.84. The van der Waals surface area contributed by atoms with Gasteiger partial charge in [-0.05, 0) is 28.8 Å². The molecule has 0 saturated carbocycles. The molecule has 0 aliphatic heterocycles. The van der Waals surface area contributed by atoms with Crippen molar-refractivity contribution in [3.05, 3.63) is 69.2 Å². The van der Waals surface area contributed by atoms with Gasteiger partial charge < -0.3 is 9.84 Å². The summed E-state index contributed by atoms with van der Waals surface area (Å²) in [6.45, 7) is 0.562. The zero-order valence-corrected chi connectivity index (χ0v) is 12.7. The molecule has 20 heavy (non-hydrogen) atoms. The molecule has 0 spiro atoms. The van der Waals surface area contributed by atoms with Gasteiger partial charge >= 0.3 is 0 Å². The standard InChI is InChI=1S/C16H16Cl2O2/c1-20-10-11-5-7-12(8-6-11)16(19)9-13-14(17)3-2-4-15(13)18/h2-8,16,19H,9-10H2,1H3. The third kappa shape index (κ3) is 3.74. The van der Waals surface area contributed by atoms with Crippen molar-refractivity contribution in [3.8, 4) is 0 Å². The highest BCUT2D eigenvalue weighted by atomic mass is 35.5. The van der Waals surface area contributed by atoms with Crippen LogP contribution >= 0.6 is 23.2 Å². The maximum Gasteiger partial charge on any atom is 0.0831 e. The Bertz CT molecular complexity index is 547. The van der Waals surface area contributed by atoms with E-state index in [1.165, 1.54) is 0 Å². The van der Waals surface area contributed by atoms with E-state index in [1.54, 1.807) is 25.3 Å². The summed E-state index contributed by atoms with van der Waals surface area (Å²) in [5.41, 5.74) is 2.67. The van der Waals surface area contributed by atoms with Crippen LogP contribution in [-0.2, 0) is 17.8 Å². The molecule has 0 aliphatic carbocycles. The van der Waals surface area contributed by atoms with Gasteiger partial charge in [0.15, 0.2) is 0 Å². The molecule has 1 atom stereocenters. The highest BCUT2D eigenvalue weighted by Crippen LogP contribution is 2.29. The minimum Gasteiger partial charge on any atom is -0.388 e. The number of benzene rings is 2. The maximum atomic E-state index is 10.3. The number of ether oxygens (including phenoxy) is 1. The second-order valence-corrected chi connectivity index (χ2v) is 5.41. The molecule has 2 aromatic carbocycles. The first kappa shape index (κ1) is 15.3. The van der Waals surface area contributed by atoms with E-state index in [1.807, 2.05) is 24.3 Å². The van der Waals surface area contributed by atoms with Gasteiger partial charge in [0, 0.05) is 23.6 Å². The van der Waals surface area contributed by atoms with Gasteiger partial charge in [-0.1, -0.05) is 53.5 Å². The van der Waals surface area contributed by atoms with Crippen LogP contribution < -0.4 is 0 Å². The van der Waals surface area contributed by atoms with Gasteiger partial charge in [-0.25, -0.2) is 0 Å². The van der Waals surface area contributed by atoms with Crippen molar-refractivity contribution in [1.29, 1.82) is 0 Å². The summed E-state index contributed by atoms with van der Waals surface area (Å²) in [6, 6.07) is 13.0. The van der Waals surface area contributed by atoms with E-state index in [0.29, 0.717) is 23.1 Å². The van der Waals surface area contributed by atoms with Crippen LogP contribution in [0.5, 0.6) is 0 Å². The fraction of sp³-hybridized carbons (Fsp3) is 0.250. The zero-order valence-electron chi connectivity index (χ0n) is 11.1. The quantitative estimate of drug-likeness (QED) is 0.886. The lowest BCUT2D eigenvalue weighted by atomic mass is 10.0. The smallest absolute Gasteiger partial charge is 0.0831 e. The van der Waals surface area contributed by atoms with Crippen molar-refractivity contribution in [3.63, 3.8) is 0 Å². The van der Waals surface area contributed by atoms with Gasteiger partial charge in [-0.15, -0.1) is 0 Å². The van der Waals surface area contributed by atoms with Crippen molar-refractivity contribution < 1.29 is 9.84 Å². The van der Waals surface area contributed by atoms with Gasteiger partial charge in [0.05, 0.1) is 12.7 Å². The zero-order chi connectivity index (χ0) is 14.5. The Morgan fingerprint density at radius 2 is 1.65 bits per heavy atom. The van der Waals surface area contributed by atoms with Gasteiger partial charge in [0.2, 0.25) is 0 Å². The minimum atomic E-state index is -0.635. The average molecular weight is 311 g/mol. The van der Waals surface area contributed by atoms with E-state index in [2.05, 4.69) is 0 Å². The van der Waals surface area contributed by atoms with Crippen LogP contribution in [0.25, 0.3) is 0 Å². The molecule has 0 aromatic heterocycles. The van der Waals surface area contributed by atoms with E-state index in [9.17, 15) is 5.11 Å². The molecule has 1 unspecified atom stereocenters. The molecule has 0 amide bonds. The van der Waals surface area contributed by atoms with E-state index in [4.69, 9.17) is 27.9 Å². The van der Waals surface area contributed by atoms with Crippen LogP contribution in [0.3, 0.4) is 0 Å². The molecule has 0 bridgehead atoms. The minimum absolute atomic E-state index is 0.391. The van der Waals surface area contributed by atoms with Crippen LogP contribution in [0.1, 0.15) is 22.8 Å². The SMILES string of the molecule is COCc1ccc(C(O)Cc2c(Cl)cccc2Cl)cc1. The Hall–Kier alpha value is -1.06. The number of aliphatic hydroxyl groups is 1. The summed E-state index contributed by atoms with van der Waals surface area (Å²) in [7, 11) is 1.65. The summed E-state index contributed by atoms with van der Waals surface area (Å²) in [5, 5.41) is 11.4. The second-order valence-electron chi connectivity index (χ2n) is 4.59. The highest BCUT2D eigenvalue weighted by molar-refractivity contribution is 6.35. The van der Waals surface area contributed by atoms with Crippen LogP contribution in [0.4, 0.5) is 0 Å². The summed E-state index contributed by atoms with van der Waals surface area (Å²) >= 11 is 12.2. The normalized spacial score (nSPS) is 12.4. The molecule has 0 radical (unpaired) electrons. The monoisotopic (exact) mass is 310 g/mol. The fourth-order valence-electron chi connectivity index (χ4n) is 2.04. The largest absolute Gasteiger partial charge is 0.388 e. The molecule has 0 saturated heterocycles. The fourth-order valence-corrected chi connectivity index (χ4v) is 2.59. The molecule has 2 rings (SSSR count). The predicted molar refractivity (Wildman–Crippen MR) is 82.3 cm³/mol. The molecular formula is C16H16Cl2O2. The number of halogens is 2. The van der Waals surface area contributed by atoms with Gasteiger partial charge in [-0.3, -0.25) is 0 Å². The number of methoxy groups -OCH3 is 1. The number of hydrogen-bond acceptors (Lipinski definition) is 2. The van der Waals surface area contributed by atoms with Crippen molar-refractivity contribution in [2.75, 3.05) is 7.11 Å². The third-order valence-electron chi connectivity index (χ3n) is 3.13. The first-order valence-electron chi connectivity index (χ1n) is 6.30. The Morgan fingerprint density at radius 3 is 2.20 bits per heavy atom. The lowest BCUT2D eigenvalue weighted by molar-refractivity contribution is 0.177.